The number of nitrogens with zero attached hydrogens (tertiary/aromatic N) is 1. The van der Waals surface area contributed by atoms with Crippen LogP contribution in [0.1, 0.15) is 63.2 Å². The van der Waals surface area contributed by atoms with Crippen molar-refractivity contribution in [2.24, 2.45) is 5.92 Å². The molecule has 3 rings (SSSR count). The molecule has 2 aliphatic heterocycles. The van der Waals surface area contributed by atoms with Crippen molar-refractivity contribution in [1.29, 1.82) is 0 Å². The van der Waals surface area contributed by atoms with Crippen LogP contribution in [0.3, 0.4) is 0 Å². The van der Waals surface area contributed by atoms with Crippen molar-refractivity contribution in [3.05, 3.63) is 35.6 Å². The third-order valence-electron chi connectivity index (χ3n) is 5.08. The third kappa shape index (κ3) is 4.02. The van der Waals surface area contributed by atoms with Gasteiger partial charge in [-0.15, -0.1) is 0 Å². The van der Waals surface area contributed by atoms with Crippen LogP contribution in [0.25, 0.3) is 0 Å². The van der Waals surface area contributed by atoms with Gasteiger partial charge in [0, 0.05) is 23.6 Å². The molecule has 5 heteroatoms. The molecule has 136 valence electrons. The fraction of sp³-hybridized carbons (Fsp3) is 0.600. The Morgan fingerprint density at radius 1 is 1.08 bits per heavy atom. The zero-order chi connectivity index (χ0) is 18.2. The normalized spacial score (nSPS) is 26.2. The predicted molar refractivity (Wildman–Crippen MR) is 93.0 cm³/mol. The highest BCUT2D eigenvalue weighted by Crippen LogP contribution is 2.39. The second-order valence-corrected chi connectivity index (χ2v) is 8.17. The number of piperidine rings is 2. The molecule has 0 saturated carbocycles. The molecular weight excluding hydrogens is 321 g/mol. The van der Waals surface area contributed by atoms with E-state index in [-0.39, 0.29) is 35.7 Å². The van der Waals surface area contributed by atoms with Gasteiger partial charge in [0.05, 0.1) is 0 Å². The molecule has 2 aliphatic rings. The fourth-order valence-corrected chi connectivity index (χ4v) is 4.06. The van der Waals surface area contributed by atoms with Crippen molar-refractivity contribution in [3.8, 4) is 0 Å². The van der Waals surface area contributed by atoms with E-state index >= 15 is 0 Å². The zero-order valence-corrected chi connectivity index (χ0v) is 15.1. The van der Waals surface area contributed by atoms with E-state index < -0.39 is 5.60 Å². The Morgan fingerprint density at radius 2 is 1.64 bits per heavy atom. The van der Waals surface area contributed by atoms with E-state index in [1.165, 1.54) is 12.1 Å². The van der Waals surface area contributed by atoms with E-state index in [1.807, 2.05) is 25.7 Å². The van der Waals surface area contributed by atoms with Crippen LogP contribution >= 0.6 is 0 Å². The summed E-state index contributed by atoms with van der Waals surface area (Å²) in [6.07, 6.45) is 3.94. The third-order valence-corrected chi connectivity index (χ3v) is 5.08. The lowest BCUT2D eigenvalue weighted by atomic mass is 9.76. The Bertz CT molecular complexity index is 636. The molecule has 0 aliphatic carbocycles. The van der Waals surface area contributed by atoms with Crippen LogP contribution in [-0.4, -0.2) is 34.5 Å². The highest BCUT2D eigenvalue weighted by Gasteiger charge is 2.44. The van der Waals surface area contributed by atoms with Gasteiger partial charge in [0.25, 0.3) is 0 Å². The highest BCUT2D eigenvalue weighted by atomic mass is 19.1. The van der Waals surface area contributed by atoms with Crippen LogP contribution in [0.5, 0.6) is 0 Å². The van der Waals surface area contributed by atoms with Crippen molar-refractivity contribution < 1.29 is 18.7 Å². The Morgan fingerprint density at radius 3 is 2.16 bits per heavy atom. The molecule has 1 amide bonds. The molecule has 2 fully saturated rings. The number of carbonyl (C=O) groups is 2. The minimum atomic E-state index is -0.522. The molecule has 2 heterocycles. The second kappa shape index (κ2) is 6.77. The quantitative estimate of drug-likeness (QED) is 0.736. The molecule has 0 radical (unpaired) electrons. The summed E-state index contributed by atoms with van der Waals surface area (Å²) in [5.74, 6) is -0.395. The summed E-state index contributed by atoms with van der Waals surface area (Å²) in [5.41, 5.74) is 0.0294. The molecule has 2 bridgehead atoms. The molecule has 0 aromatic heterocycles. The number of hydrogen-bond acceptors (Lipinski definition) is 3. The minimum absolute atomic E-state index is 0.0525. The first-order chi connectivity index (χ1) is 11.7. The Balaban J connectivity index is 1.73. The molecule has 2 unspecified atom stereocenters. The van der Waals surface area contributed by atoms with Gasteiger partial charge in [-0.1, -0.05) is 0 Å². The summed E-state index contributed by atoms with van der Waals surface area (Å²) in [7, 11) is 0. The zero-order valence-electron chi connectivity index (χ0n) is 15.1. The number of ketones is 1. The van der Waals surface area contributed by atoms with E-state index in [0.717, 1.165) is 19.3 Å². The first-order valence-corrected chi connectivity index (χ1v) is 9.06. The highest BCUT2D eigenvalue weighted by molar-refractivity contribution is 5.98. The Labute approximate surface area is 148 Å². The number of amides is 1. The molecule has 1 aromatic carbocycles. The van der Waals surface area contributed by atoms with E-state index in [0.29, 0.717) is 18.4 Å². The van der Waals surface area contributed by atoms with Crippen LogP contribution < -0.4 is 0 Å². The van der Waals surface area contributed by atoms with Gasteiger partial charge in [0.15, 0.2) is 5.78 Å². The van der Waals surface area contributed by atoms with Crippen LogP contribution in [0, 0.1) is 11.7 Å². The van der Waals surface area contributed by atoms with Gasteiger partial charge in [-0.05, 0) is 77.1 Å². The number of rotatable bonds is 2. The minimum Gasteiger partial charge on any atom is -0.444 e. The lowest BCUT2D eigenvalue weighted by Gasteiger charge is -2.48. The van der Waals surface area contributed by atoms with Crippen LogP contribution in [0.4, 0.5) is 9.18 Å². The molecule has 0 N–H and O–H groups in total. The average Bonchev–Trinajstić information content (AvgIpc) is 2.52. The van der Waals surface area contributed by atoms with Gasteiger partial charge < -0.3 is 9.64 Å². The number of ether oxygens (including phenoxy) is 1. The topological polar surface area (TPSA) is 46.6 Å². The van der Waals surface area contributed by atoms with E-state index in [9.17, 15) is 14.0 Å². The van der Waals surface area contributed by atoms with Crippen LogP contribution in [-0.2, 0) is 4.74 Å². The molecule has 25 heavy (non-hydrogen) atoms. The Kier molecular flexibility index (Phi) is 4.85. The molecular formula is C20H26FNO3. The van der Waals surface area contributed by atoms with Gasteiger partial charge in [-0.3, -0.25) is 4.79 Å². The lowest BCUT2D eigenvalue weighted by Crippen LogP contribution is -2.56. The number of Topliss-reactive ketones (excluding diaryl/α,β-unsaturated/α-hetero) is 1. The maximum atomic E-state index is 13.1. The smallest absolute Gasteiger partial charge is 0.410 e. The maximum absolute atomic E-state index is 13.1. The van der Waals surface area contributed by atoms with Gasteiger partial charge in [0.2, 0.25) is 0 Å². The van der Waals surface area contributed by atoms with E-state index in [4.69, 9.17) is 4.74 Å². The monoisotopic (exact) mass is 347 g/mol. The van der Waals surface area contributed by atoms with Crippen molar-refractivity contribution >= 4 is 11.9 Å². The summed E-state index contributed by atoms with van der Waals surface area (Å²) in [5, 5.41) is 0. The average molecular weight is 347 g/mol. The molecule has 2 atom stereocenters. The summed E-state index contributed by atoms with van der Waals surface area (Å²) >= 11 is 0. The first kappa shape index (κ1) is 17.9. The first-order valence-electron chi connectivity index (χ1n) is 9.06. The van der Waals surface area contributed by atoms with Crippen molar-refractivity contribution in [3.63, 3.8) is 0 Å². The summed E-state index contributed by atoms with van der Waals surface area (Å²) in [6, 6.07) is 5.85. The Hall–Kier alpha value is -1.91. The summed E-state index contributed by atoms with van der Waals surface area (Å²) in [4.78, 5) is 27.2. The molecule has 0 spiro atoms. The van der Waals surface area contributed by atoms with Gasteiger partial charge in [-0.25, -0.2) is 9.18 Å². The van der Waals surface area contributed by atoms with Crippen molar-refractivity contribution in [1.82, 2.24) is 4.90 Å². The predicted octanol–water partition coefficient (Wildman–Crippen LogP) is 4.58. The standard InChI is InChI=1S/C20H26FNO3/c1-20(2,3)25-19(24)22-16-5-4-6-17(22)12-14(11-16)18(23)13-7-9-15(21)10-8-13/h7-10,14,16-17H,4-6,11-12H2,1-3H3. The SMILES string of the molecule is CC(C)(C)OC(=O)N1C2CCCC1CC(C(=O)c1ccc(F)cc1)C2. The largest absolute Gasteiger partial charge is 0.444 e. The summed E-state index contributed by atoms with van der Waals surface area (Å²) < 4.78 is 18.7. The van der Waals surface area contributed by atoms with Crippen molar-refractivity contribution in [2.75, 3.05) is 0 Å². The number of halogens is 1. The van der Waals surface area contributed by atoms with Crippen molar-refractivity contribution in [2.45, 2.75) is 70.6 Å². The lowest BCUT2D eigenvalue weighted by molar-refractivity contribution is -0.0260. The van der Waals surface area contributed by atoms with E-state index in [1.54, 1.807) is 12.1 Å². The van der Waals surface area contributed by atoms with Gasteiger partial charge in [0.1, 0.15) is 11.4 Å². The van der Waals surface area contributed by atoms with Gasteiger partial charge in [-0.2, -0.15) is 0 Å². The van der Waals surface area contributed by atoms with E-state index in [2.05, 4.69) is 0 Å². The van der Waals surface area contributed by atoms with Gasteiger partial charge >= 0.3 is 6.09 Å². The second-order valence-electron chi connectivity index (χ2n) is 8.17. The number of benzene rings is 1. The fourth-order valence-electron chi connectivity index (χ4n) is 4.06. The number of hydrogen-bond donors (Lipinski definition) is 0. The number of fused-ring (bicyclic) bond motifs is 2. The maximum Gasteiger partial charge on any atom is 0.410 e. The molecule has 1 aromatic rings. The molecule has 4 nitrogen and oxygen atoms in total. The molecule has 2 saturated heterocycles. The van der Waals surface area contributed by atoms with Crippen LogP contribution in [0.2, 0.25) is 0 Å². The van der Waals surface area contributed by atoms with Crippen LogP contribution in [0.15, 0.2) is 24.3 Å². The number of carbonyl (C=O) groups excluding carboxylic acids is 2. The summed E-state index contributed by atoms with van der Waals surface area (Å²) in [6.45, 7) is 5.60.